The molecule has 0 aromatic carbocycles. The van der Waals surface area contributed by atoms with Crippen LogP contribution in [0.2, 0.25) is 0 Å². The third kappa shape index (κ3) is 3.95. The van der Waals surface area contributed by atoms with E-state index in [-0.39, 0.29) is 5.97 Å². The zero-order valence-corrected chi connectivity index (χ0v) is 10.2. The van der Waals surface area contributed by atoms with E-state index in [9.17, 15) is 10.1 Å². The molecule has 0 aromatic heterocycles. The van der Waals surface area contributed by atoms with Crippen LogP contribution in [0.3, 0.4) is 0 Å². The SMILES string of the molecule is COC1=CC[C@](C#N)(CCCOC(C)=O)C=C1. The van der Waals surface area contributed by atoms with Crippen LogP contribution >= 0.6 is 0 Å². The van der Waals surface area contributed by atoms with Crippen LogP contribution in [0.1, 0.15) is 26.2 Å². The normalized spacial score (nSPS) is 22.5. The van der Waals surface area contributed by atoms with Crippen molar-refractivity contribution in [3.8, 4) is 6.07 Å². The number of nitrogens with zero attached hydrogens (tertiary/aromatic N) is 1. The number of esters is 1. The fourth-order valence-corrected chi connectivity index (χ4v) is 1.74. The van der Waals surface area contributed by atoms with Gasteiger partial charge in [0.15, 0.2) is 0 Å². The van der Waals surface area contributed by atoms with Gasteiger partial charge in [-0.05, 0) is 31.4 Å². The molecule has 0 aliphatic heterocycles. The molecule has 0 fully saturated rings. The first kappa shape index (κ1) is 13.3. The molecule has 92 valence electrons. The lowest BCUT2D eigenvalue weighted by Gasteiger charge is -2.24. The quantitative estimate of drug-likeness (QED) is 0.542. The van der Waals surface area contributed by atoms with Gasteiger partial charge in [-0.25, -0.2) is 0 Å². The van der Waals surface area contributed by atoms with Gasteiger partial charge >= 0.3 is 5.97 Å². The highest BCUT2D eigenvalue weighted by atomic mass is 16.5. The Kier molecular flexibility index (Phi) is 4.77. The third-order valence-electron chi connectivity index (χ3n) is 2.77. The van der Waals surface area contributed by atoms with Crippen molar-refractivity contribution in [2.24, 2.45) is 5.41 Å². The molecular weight excluding hydrogens is 218 g/mol. The Bertz CT molecular complexity index is 379. The Balaban J connectivity index is 2.45. The van der Waals surface area contributed by atoms with Crippen molar-refractivity contribution in [2.75, 3.05) is 13.7 Å². The van der Waals surface area contributed by atoms with E-state index in [2.05, 4.69) is 6.07 Å². The summed E-state index contributed by atoms with van der Waals surface area (Å²) in [5, 5.41) is 9.23. The highest BCUT2D eigenvalue weighted by Gasteiger charge is 2.28. The van der Waals surface area contributed by atoms with Gasteiger partial charge in [-0.3, -0.25) is 4.79 Å². The summed E-state index contributed by atoms with van der Waals surface area (Å²) in [5.41, 5.74) is -0.484. The van der Waals surface area contributed by atoms with Crippen LogP contribution in [0.15, 0.2) is 24.0 Å². The summed E-state index contributed by atoms with van der Waals surface area (Å²) in [5.74, 6) is 0.507. The van der Waals surface area contributed by atoms with Crippen LogP contribution < -0.4 is 0 Å². The molecule has 0 spiro atoms. The molecule has 0 amide bonds. The third-order valence-corrected chi connectivity index (χ3v) is 2.77. The number of methoxy groups -OCH3 is 1. The monoisotopic (exact) mass is 235 g/mol. The molecule has 0 heterocycles. The Labute approximate surface area is 102 Å². The molecule has 1 atom stereocenters. The molecule has 0 saturated carbocycles. The van der Waals surface area contributed by atoms with Gasteiger partial charge in [0.25, 0.3) is 0 Å². The van der Waals surface area contributed by atoms with Gasteiger partial charge in [-0.2, -0.15) is 5.26 Å². The number of nitriles is 1. The molecule has 0 N–H and O–H groups in total. The summed E-state index contributed by atoms with van der Waals surface area (Å²) in [6, 6.07) is 2.32. The van der Waals surface area contributed by atoms with Crippen molar-refractivity contribution in [1.82, 2.24) is 0 Å². The van der Waals surface area contributed by atoms with Crippen LogP contribution in [-0.2, 0) is 14.3 Å². The van der Waals surface area contributed by atoms with E-state index in [4.69, 9.17) is 9.47 Å². The molecule has 1 aliphatic carbocycles. The predicted octanol–water partition coefficient (Wildman–Crippen LogP) is 2.33. The fourth-order valence-electron chi connectivity index (χ4n) is 1.74. The molecule has 17 heavy (non-hydrogen) atoms. The van der Waals surface area contributed by atoms with Crippen molar-refractivity contribution >= 4 is 5.97 Å². The summed E-state index contributed by atoms with van der Waals surface area (Å²) in [7, 11) is 1.61. The van der Waals surface area contributed by atoms with Crippen LogP contribution in [0.4, 0.5) is 0 Å². The van der Waals surface area contributed by atoms with Crippen LogP contribution in [0.5, 0.6) is 0 Å². The summed E-state index contributed by atoms with van der Waals surface area (Å²) in [4.78, 5) is 10.6. The molecule has 0 saturated heterocycles. The maximum absolute atomic E-state index is 10.6. The zero-order valence-electron chi connectivity index (χ0n) is 10.2. The highest BCUT2D eigenvalue weighted by Crippen LogP contribution is 2.34. The van der Waals surface area contributed by atoms with E-state index in [1.807, 2.05) is 18.2 Å². The van der Waals surface area contributed by atoms with Gasteiger partial charge in [0.2, 0.25) is 0 Å². The number of allylic oxidation sites excluding steroid dienone is 3. The first-order valence-corrected chi connectivity index (χ1v) is 5.60. The zero-order chi connectivity index (χ0) is 12.7. The lowest BCUT2D eigenvalue weighted by Crippen LogP contribution is -2.18. The number of hydrogen-bond donors (Lipinski definition) is 0. The van der Waals surface area contributed by atoms with Crippen molar-refractivity contribution in [2.45, 2.75) is 26.2 Å². The average Bonchev–Trinajstić information content (AvgIpc) is 2.35. The highest BCUT2D eigenvalue weighted by molar-refractivity contribution is 5.65. The largest absolute Gasteiger partial charge is 0.497 e. The first-order chi connectivity index (χ1) is 8.12. The van der Waals surface area contributed by atoms with E-state index in [0.717, 1.165) is 5.76 Å². The van der Waals surface area contributed by atoms with Crippen LogP contribution in [0.25, 0.3) is 0 Å². The topological polar surface area (TPSA) is 59.3 Å². The summed E-state index contributed by atoms with van der Waals surface area (Å²) >= 11 is 0. The molecule has 0 unspecified atom stereocenters. The van der Waals surface area contributed by atoms with E-state index in [1.54, 1.807) is 7.11 Å². The lowest BCUT2D eigenvalue weighted by molar-refractivity contribution is -0.141. The molecule has 1 aliphatic rings. The van der Waals surface area contributed by atoms with Crippen molar-refractivity contribution < 1.29 is 14.3 Å². The minimum absolute atomic E-state index is 0.281. The lowest BCUT2D eigenvalue weighted by atomic mass is 9.79. The Hall–Kier alpha value is -1.76. The second kappa shape index (κ2) is 6.09. The van der Waals surface area contributed by atoms with Gasteiger partial charge in [0.1, 0.15) is 5.76 Å². The standard InChI is InChI=1S/C13H17NO3/c1-11(15)17-9-3-6-13(10-14)7-4-12(16-2)5-8-13/h4-5,7H,3,6,8-9H2,1-2H3/t13-/m0/s1. The number of hydrogen-bond acceptors (Lipinski definition) is 4. The summed E-state index contributed by atoms with van der Waals surface area (Å²) < 4.78 is 9.93. The second-order valence-electron chi connectivity index (χ2n) is 4.06. The molecule has 4 heteroatoms. The molecule has 0 radical (unpaired) electrons. The van der Waals surface area contributed by atoms with Gasteiger partial charge in [0.05, 0.1) is 25.2 Å². The maximum Gasteiger partial charge on any atom is 0.302 e. The van der Waals surface area contributed by atoms with E-state index >= 15 is 0 Å². The number of carbonyl (C=O) groups is 1. The molecule has 4 nitrogen and oxygen atoms in total. The molecule has 1 rings (SSSR count). The minimum atomic E-state index is -0.484. The van der Waals surface area contributed by atoms with Gasteiger partial charge < -0.3 is 9.47 Å². The van der Waals surface area contributed by atoms with E-state index in [1.165, 1.54) is 6.92 Å². The number of carbonyl (C=O) groups excluding carboxylic acids is 1. The van der Waals surface area contributed by atoms with E-state index in [0.29, 0.717) is 25.9 Å². The predicted molar refractivity (Wildman–Crippen MR) is 62.8 cm³/mol. The van der Waals surface area contributed by atoms with Crippen LogP contribution in [-0.4, -0.2) is 19.7 Å². The van der Waals surface area contributed by atoms with Crippen molar-refractivity contribution in [1.29, 1.82) is 5.26 Å². The van der Waals surface area contributed by atoms with Gasteiger partial charge in [-0.15, -0.1) is 0 Å². The van der Waals surface area contributed by atoms with Crippen molar-refractivity contribution in [3.05, 3.63) is 24.0 Å². The van der Waals surface area contributed by atoms with Gasteiger partial charge in [-0.1, -0.05) is 6.08 Å². The Morgan fingerprint density at radius 2 is 2.41 bits per heavy atom. The summed E-state index contributed by atoms with van der Waals surface area (Å²) in [6.45, 7) is 1.75. The molecule has 0 bridgehead atoms. The average molecular weight is 235 g/mol. The molecular formula is C13H17NO3. The minimum Gasteiger partial charge on any atom is -0.497 e. The number of ether oxygens (including phenoxy) is 2. The fraction of sp³-hybridized carbons (Fsp3) is 0.538. The Morgan fingerprint density at radius 1 is 1.65 bits per heavy atom. The smallest absolute Gasteiger partial charge is 0.302 e. The first-order valence-electron chi connectivity index (χ1n) is 5.60. The molecule has 0 aromatic rings. The second-order valence-corrected chi connectivity index (χ2v) is 4.06. The van der Waals surface area contributed by atoms with Gasteiger partial charge in [0, 0.05) is 6.92 Å². The Morgan fingerprint density at radius 3 is 2.88 bits per heavy atom. The maximum atomic E-state index is 10.6. The summed E-state index contributed by atoms with van der Waals surface area (Å²) in [6.07, 6.45) is 7.62. The van der Waals surface area contributed by atoms with E-state index < -0.39 is 5.41 Å². The van der Waals surface area contributed by atoms with Crippen molar-refractivity contribution in [3.63, 3.8) is 0 Å². The van der Waals surface area contributed by atoms with Crippen LogP contribution in [0, 0.1) is 16.7 Å². The number of rotatable bonds is 5.